The summed E-state index contributed by atoms with van der Waals surface area (Å²) in [5.41, 5.74) is 5.25. The molecule has 6 rings (SSSR count). The Kier molecular flexibility index (Phi) is 10.7. The summed E-state index contributed by atoms with van der Waals surface area (Å²) in [6, 6.07) is 15.7. The highest BCUT2D eigenvalue weighted by molar-refractivity contribution is 6.06. The number of Topliss-reactive ketones (excluding diaryl/α,β-unsaturated/α-hetero) is 1. The van der Waals surface area contributed by atoms with Gasteiger partial charge in [0.25, 0.3) is 5.91 Å². The first kappa shape index (κ1) is 31.8. The van der Waals surface area contributed by atoms with Crippen molar-refractivity contribution in [2.75, 3.05) is 81.2 Å². The number of ketones is 1. The Morgan fingerprint density at radius 3 is 2.07 bits per heavy atom. The van der Waals surface area contributed by atoms with Gasteiger partial charge in [0.15, 0.2) is 5.78 Å². The van der Waals surface area contributed by atoms with Crippen LogP contribution in [0.15, 0.2) is 72.1 Å². The van der Waals surface area contributed by atoms with Crippen LogP contribution in [0.5, 0.6) is 0 Å². The average molecular weight is 628 g/mol. The molecule has 2 aromatic rings. The van der Waals surface area contributed by atoms with Crippen LogP contribution in [-0.4, -0.2) is 93.1 Å². The number of carbonyl (C=O) groups excluding carboxylic acids is 3. The number of amides is 2. The minimum absolute atomic E-state index is 0.0179. The fraction of sp³-hybridized carbons (Fsp3) is 0.472. The minimum Gasteiger partial charge on any atom is -0.385 e. The van der Waals surface area contributed by atoms with Gasteiger partial charge in [-0.25, -0.2) is 0 Å². The molecule has 1 aliphatic carbocycles. The zero-order chi connectivity index (χ0) is 31.7. The van der Waals surface area contributed by atoms with Crippen LogP contribution in [0.25, 0.3) is 0 Å². The molecule has 4 aliphatic rings. The van der Waals surface area contributed by atoms with E-state index >= 15 is 0 Å². The van der Waals surface area contributed by atoms with Crippen molar-refractivity contribution in [3.05, 3.63) is 77.6 Å². The zero-order valence-electron chi connectivity index (χ0n) is 26.5. The van der Waals surface area contributed by atoms with Crippen LogP contribution in [-0.2, 0) is 23.9 Å². The van der Waals surface area contributed by atoms with Crippen LogP contribution >= 0.6 is 0 Å². The van der Waals surface area contributed by atoms with Crippen LogP contribution in [0.3, 0.4) is 0 Å². The van der Waals surface area contributed by atoms with E-state index < -0.39 is 0 Å². The minimum atomic E-state index is -0.0933. The third kappa shape index (κ3) is 7.79. The van der Waals surface area contributed by atoms with E-state index in [9.17, 15) is 14.4 Å². The SMILES string of the molecule is O=C(CCCCNc1ccc(C2CCC=C(N3CCOCC3)C2=O)cc1)Nc1ccc(N2CCC=C(N3CCOCC3)C2=O)cc1. The van der Waals surface area contributed by atoms with Gasteiger partial charge in [0.2, 0.25) is 5.91 Å². The molecular formula is C36H45N5O5. The largest absolute Gasteiger partial charge is 0.385 e. The van der Waals surface area contributed by atoms with E-state index in [1.54, 1.807) is 0 Å². The van der Waals surface area contributed by atoms with Gasteiger partial charge in [0, 0.05) is 68.7 Å². The number of hydrogen-bond acceptors (Lipinski definition) is 8. The number of nitrogens with one attached hydrogen (secondary N) is 2. The molecule has 0 saturated carbocycles. The molecule has 2 amide bonds. The van der Waals surface area contributed by atoms with E-state index in [4.69, 9.17) is 9.47 Å². The number of nitrogens with zero attached hydrogens (tertiary/aromatic N) is 3. The predicted octanol–water partition coefficient (Wildman–Crippen LogP) is 4.52. The normalized spacial score (nSPS) is 20.7. The van der Waals surface area contributed by atoms with Gasteiger partial charge in [-0.05, 0) is 74.1 Å². The first-order valence-electron chi connectivity index (χ1n) is 16.7. The van der Waals surface area contributed by atoms with Gasteiger partial charge in [0.1, 0.15) is 0 Å². The number of ether oxygens (including phenoxy) is 2. The van der Waals surface area contributed by atoms with Crippen molar-refractivity contribution >= 4 is 34.7 Å². The van der Waals surface area contributed by atoms with Gasteiger partial charge in [0.05, 0.1) is 37.8 Å². The van der Waals surface area contributed by atoms with Gasteiger partial charge in [-0.1, -0.05) is 24.3 Å². The van der Waals surface area contributed by atoms with Crippen LogP contribution < -0.4 is 15.5 Å². The summed E-state index contributed by atoms with van der Waals surface area (Å²) >= 11 is 0. The van der Waals surface area contributed by atoms with E-state index in [0.717, 1.165) is 98.8 Å². The molecular weight excluding hydrogens is 582 g/mol. The number of unbranched alkanes of at least 4 members (excludes halogenated alkanes) is 1. The second-order valence-corrected chi connectivity index (χ2v) is 12.2. The molecule has 0 aromatic heterocycles. The number of hydrogen-bond donors (Lipinski definition) is 2. The fourth-order valence-corrected chi connectivity index (χ4v) is 6.60. The first-order valence-corrected chi connectivity index (χ1v) is 16.7. The number of carbonyl (C=O) groups is 3. The summed E-state index contributed by atoms with van der Waals surface area (Å²) in [7, 11) is 0. The van der Waals surface area contributed by atoms with E-state index in [1.165, 1.54) is 0 Å². The average Bonchev–Trinajstić information content (AvgIpc) is 3.10. The van der Waals surface area contributed by atoms with Gasteiger partial charge in [-0.15, -0.1) is 0 Å². The Hall–Kier alpha value is -4.15. The van der Waals surface area contributed by atoms with E-state index in [-0.39, 0.29) is 23.5 Å². The molecule has 2 fully saturated rings. The lowest BCUT2D eigenvalue weighted by molar-refractivity contribution is -0.120. The first-order chi connectivity index (χ1) is 22.6. The second kappa shape index (κ2) is 15.4. The molecule has 3 heterocycles. The van der Waals surface area contributed by atoms with E-state index in [2.05, 4.69) is 38.6 Å². The number of morpholine rings is 2. The smallest absolute Gasteiger partial charge is 0.274 e. The lowest BCUT2D eigenvalue weighted by Gasteiger charge is -2.35. The molecule has 0 bridgehead atoms. The molecule has 0 spiro atoms. The van der Waals surface area contributed by atoms with Gasteiger partial charge in [-0.2, -0.15) is 0 Å². The summed E-state index contributed by atoms with van der Waals surface area (Å²) in [6.45, 7) is 7.06. The Bertz CT molecular complexity index is 1430. The maximum absolute atomic E-state index is 13.3. The molecule has 2 aromatic carbocycles. The Morgan fingerprint density at radius 2 is 1.37 bits per heavy atom. The summed E-state index contributed by atoms with van der Waals surface area (Å²) in [5, 5.41) is 6.42. The van der Waals surface area contributed by atoms with Crippen molar-refractivity contribution in [3.63, 3.8) is 0 Å². The van der Waals surface area contributed by atoms with Crippen molar-refractivity contribution in [2.24, 2.45) is 0 Å². The van der Waals surface area contributed by atoms with Gasteiger partial charge < -0.3 is 34.8 Å². The maximum Gasteiger partial charge on any atom is 0.274 e. The fourth-order valence-electron chi connectivity index (χ4n) is 6.60. The second-order valence-electron chi connectivity index (χ2n) is 12.2. The van der Waals surface area contributed by atoms with Gasteiger partial charge >= 0.3 is 0 Å². The number of benzene rings is 2. The molecule has 2 N–H and O–H groups in total. The Balaban J connectivity index is 0.900. The monoisotopic (exact) mass is 627 g/mol. The molecule has 0 radical (unpaired) electrons. The van der Waals surface area contributed by atoms with Crippen LogP contribution in [0.1, 0.15) is 50.0 Å². The highest BCUT2D eigenvalue weighted by Crippen LogP contribution is 2.32. The highest BCUT2D eigenvalue weighted by atomic mass is 16.5. The lowest BCUT2D eigenvalue weighted by Crippen LogP contribution is -2.45. The summed E-state index contributed by atoms with van der Waals surface area (Å²) in [6.07, 6.45) is 8.75. The van der Waals surface area contributed by atoms with Gasteiger partial charge in [-0.3, -0.25) is 14.4 Å². The Morgan fingerprint density at radius 1 is 0.739 bits per heavy atom. The third-order valence-corrected chi connectivity index (χ3v) is 9.16. The summed E-state index contributed by atoms with van der Waals surface area (Å²) in [5.74, 6) is 0.121. The molecule has 244 valence electrons. The predicted molar refractivity (Wildman–Crippen MR) is 179 cm³/mol. The van der Waals surface area contributed by atoms with E-state index in [1.807, 2.05) is 47.4 Å². The molecule has 2 saturated heterocycles. The molecule has 3 aliphatic heterocycles. The van der Waals surface area contributed by atoms with Crippen molar-refractivity contribution in [3.8, 4) is 0 Å². The van der Waals surface area contributed by atoms with Crippen molar-refractivity contribution in [1.29, 1.82) is 0 Å². The maximum atomic E-state index is 13.3. The number of anilines is 3. The van der Waals surface area contributed by atoms with Crippen molar-refractivity contribution < 1.29 is 23.9 Å². The lowest BCUT2D eigenvalue weighted by atomic mass is 9.84. The van der Waals surface area contributed by atoms with Crippen LogP contribution in [0.4, 0.5) is 17.1 Å². The molecule has 46 heavy (non-hydrogen) atoms. The standard InChI is InChI=1S/C36H45N5O5/c42-34(38-29-13-15-30(16-14-29)41-18-4-7-33(36(41)44)40-21-25-46-26-22-40)8-1-2-17-37-28-11-9-27(10-12-28)31-5-3-6-32(35(31)43)39-19-23-45-24-20-39/h6-7,9-16,31,37H,1-5,8,17-26H2,(H,38,42). The quantitative estimate of drug-likeness (QED) is 0.351. The molecule has 1 unspecified atom stereocenters. The van der Waals surface area contributed by atoms with E-state index in [0.29, 0.717) is 39.4 Å². The molecule has 1 atom stereocenters. The van der Waals surface area contributed by atoms with Crippen molar-refractivity contribution in [2.45, 2.75) is 44.4 Å². The highest BCUT2D eigenvalue weighted by Gasteiger charge is 2.31. The topological polar surface area (TPSA) is 103 Å². The number of allylic oxidation sites excluding steroid dienone is 2. The molecule has 10 heteroatoms. The number of rotatable bonds is 11. The molecule has 10 nitrogen and oxygen atoms in total. The summed E-state index contributed by atoms with van der Waals surface area (Å²) < 4.78 is 10.9. The zero-order valence-corrected chi connectivity index (χ0v) is 26.5. The van der Waals surface area contributed by atoms with Crippen molar-refractivity contribution in [1.82, 2.24) is 9.80 Å². The Labute approximate surface area is 271 Å². The van der Waals surface area contributed by atoms with Crippen LogP contribution in [0, 0.1) is 0 Å². The third-order valence-electron chi connectivity index (χ3n) is 9.16. The summed E-state index contributed by atoms with van der Waals surface area (Å²) in [4.78, 5) is 45.1. The van der Waals surface area contributed by atoms with Crippen LogP contribution in [0.2, 0.25) is 0 Å².